The zero-order valence-corrected chi connectivity index (χ0v) is 11.1. The highest BCUT2D eigenvalue weighted by molar-refractivity contribution is 5.95. The molecule has 5 heteroatoms. The van der Waals surface area contributed by atoms with Crippen molar-refractivity contribution in [1.29, 1.82) is 0 Å². The van der Waals surface area contributed by atoms with Crippen molar-refractivity contribution in [2.45, 2.75) is 19.8 Å². The average Bonchev–Trinajstić information content (AvgIpc) is 2.46. The smallest absolute Gasteiger partial charge is 0.254 e. The van der Waals surface area contributed by atoms with Crippen LogP contribution in [0.25, 0.3) is 0 Å². The van der Waals surface area contributed by atoms with E-state index in [0.29, 0.717) is 25.9 Å². The van der Waals surface area contributed by atoms with Gasteiger partial charge in [-0.15, -0.1) is 0 Å². The van der Waals surface area contributed by atoms with E-state index >= 15 is 0 Å². The number of aryl methyl sites for hydroxylation is 1. The van der Waals surface area contributed by atoms with Crippen molar-refractivity contribution in [3.8, 4) is 0 Å². The molecule has 0 aliphatic carbocycles. The molecule has 5 nitrogen and oxygen atoms in total. The minimum atomic E-state index is -0.136. The number of benzene rings is 1. The number of hydrogen-bond acceptors (Lipinski definition) is 3. The van der Waals surface area contributed by atoms with E-state index in [-0.39, 0.29) is 17.7 Å². The fourth-order valence-electron chi connectivity index (χ4n) is 2.45. The van der Waals surface area contributed by atoms with Gasteiger partial charge in [0.05, 0.1) is 0 Å². The lowest BCUT2D eigenvalue weighted by atomic mass is 9.95. The second-order valence-corrected chi connectivity index (χ2v) is 4.89. The average molecular weight is 261 g/mol. The molecule has 1 heterocycles. The van der Waals surface area contributed by atoms with E-state index in [1.807, 2.05) is 36.1 Å². The Balaban J connectivity index is 2.00. The number of carbonyl (C=O) groups excluding carboxylic acids is 2. The van der Waals surface area contributed by atoms with Gasteiger partial charge in [-0.2, -0.15) is 0 Å². The standard InChI is InChI=1S/C14H19N3O2/c1-10-4-2-3-5-12(10)14(19)17-8-6-11(7-9-17)13(18)16-15/h2-5,11H,6-9,15H2,1H3,(H,16,18). The minimum Gasteiger partial charge on any atom is -0.339 e. The van der Waals surface area contributed by atoms with Crippen molar-refractivity contribution in [3.63, 3.8) is 0 Å². The molecule has 102 valence electrons. The second kappa shape index (κ2) is 5.84. The van der Waals surface area contributed by atoms with Crippen LogP contribution in [0.5, 0.6) is 0 Å². The summed E-state index contributed by atoms with van der Waals surface area (Å²) in [6.07, 6.45) is 1.33. The molecule has 3 N–H and O–H groups in total. The van der Waals surface area contributed by atoms with E-state index < -0.39 is 0 Å². The normalized spacial score (nSPS) is 16.2. The number of amides is 2. The molecule has 0 bridgehead atoms. The third kappa shape index (κ3) is 2.93. The Hall–Kier alpha value is -1.88. The maximum absolute atomic E-state index is 12.4. The van der Waals surface area contributed by atoms with E-state index in [1.165, 1.54) is 0 Å². The predicted molar refractivity (Wildman–Crippen MR) is 72.1 cm³/mol. The third-order valence-corrected chi connectivity index (χ3v) is 3.67. The highest BCUT2D eigenvalue weighted by Crippen LogP contribution is 2.20. The number of piperidine rings is 1. The van der Waals surface area contributed by atoms with Gasteiger partial charge in [0.25, 0.3) is 5.91 Å². The Morgan fingerprint density at radius 2 is 1.89 bits per heavy atom. The van der Waals surface area contributed by atoms with E-state index in [4.69, 9.17) is 5.84 Å². The van der Waals surface area contributed by atoms with Crippen LogP contribution < -0.4 is 11.3 Å². The zero-order valence-electron chi connectivity index (χ0n) is 11.1. The molecule has 0 radical (unpaired) electrons. The van der Waals surface area contributed by atoms with Gasteiger partial charge in [-0.05, 0) is 31.4 Å². The number of nitrogens with one attached hydrogen (secondary N) is 1. The molecule has 19 heavy (non-hydrogen) atoms. The summed E-state index contributed by atoms with van der Waals surface area (Å²) in [5.41, 5.74) is 3.90. The summed E-state index contributed by atoms with van der Waals surface area (Å²) in [5, 5.41) is 0. The molecule has 0 atom stereocenters. The van der Waals surface area contributed by atoms with Crippen LogP contribution in [0.1, 0.15) is 28.8 Å². The molecule has 0 spiro atoms. The molecular weight excluding hydrogens is 242 g/mol. The Morgan fingerprint density at radius 3 is 2.47 bits per heavy atom. The quantitative estimate of drug-likeness (QED) is 0.470. The summed E-state index contributed by atoms with van der Waals surface area (Å²) in [4.78, 5) is 25.6. The first-order chi connectivity index (χ1) is 9.13. The van der Waals surface area contributed by atoms with Crippen LogP contribution in [0, 0.1) is 12.8 Å². The van der Waals surface area contributed by atoms with Crippen molar-refractivity contribution in [2.75, 3.05) is 13.1 Å². The Kier molecular flexibility index (Phi) is 4.16. The second-order valence-electron chi connectivity index (χ2n) is 4.89. The van der Waals surface area contributed by atoms with Crippen molar-refractivity contribution >= 4 is 11.8 Å². The first-order valence-electron chi connectivity index (χ1n) is 6.49. The summed E-state index contributed by atoms with van der Waals surface area (Å²) in [5.74, 6) is 4.96. The molecule has 1 aromatic carbocycles. The SMILES string of the molecule is Cc1ccccc1C(=O)N1CCC(C(=O)NN)CC1. The predicted octanol–water partition coefficient (Wildman–Crippen LogP) is 0.837. The van der Waals surface area contributed by atoms with Crippen LogP contribution in [0.15, 0.2) is 24.3 Å². The van der Waals surface area contributed by atoms with Crippen LogP contribution in [0.3, 0.4) is 0 Å². The number of nitrogens with zero attached hydrogens (tertiary/aromatic N) is 1. The van der Waals surface area contributed by atoms with E-state index in [2.05, 4.69) is 5.43 Å². The molecule has 2 rings (SSSR count). The summed E-state index contributed by atoms with van der Waals surface area (Å²) >= 11 is 0. The Labute approximate surface area is 112 Å². The molecule has 1 fully saturated rings. The van der Waals surface area contributed by atoms with Gasteiger partial charge in [0.1, 0.15) is 0 Å². The van der Waals surface area contributed by atoms with Gasteiger partial charge < -0.3 is 4.90 Å². The van der Waals surface area contributed by atoms with Gasteiger partial charge >= 0.3 is 0 Å². The fraction of sp³-hybridized carbons (Fsp3) is 0.429. The lowest BCUT2D eigenvalue weighted by molar-refractivity contribution is -0.126. The van der Waals surface area contributed by atoms with Gasteiger partial charge in [0.2, 0.25) is 5.91 Å². The number of nitrogens with two attached hydrogens (primary N) is 1. The number of carbonyl (C=O) groups is 2. The Bertz CT molecular complexity index is 479. The van der Waals surface area contributed by atoms with Crippen LogP contribution in [-0.2, 0) is 4.79 Å². The first kappa shape index (κ1) is 13.5. The highest BCUT2D eigenvalue weighted by atomic mass is 16.2. The van der Waals surface area contributed by atoms with Crippen LogP contribution >= 0.6 is 0 Å². The van der Waals surface area contributed by atoms with Crippen molar-refractivity contribution in [2.24, 2.45) is 11.8 Å². The van der Waals surface area contributed by atoms with Gasteiger partial charge in [-0.1, -0.05) is 18.2 Å². The third-order valence-electron chi connectivity index (χ3n) is 3.67. The molecule has 1 saturated heterocycles. The number of rotatable bonds is 2. The maximum Gasteiger partial charge on any atom is 0.254 e. The van der Waals surface area contributed by atoms with Gasteiger partial charge in [0, 0.05) is 24.6 Å². The van der Waals surface area contributed by atoms with Gasteiger partial charge in [0.15, 0.2) is 0 Å². The van der Waals surface area contributed by atoms with Crippen LogP contribution in [0.4, 0.5) is 0 Å². The molecule has 0 unspecified atom stereocenters. The molecule has 0 saturated carbocycles. The number of likely N-dealkylation sites (tertiary alicyclic amines) is 1. The highest BCUT2D eigenvalue weighted by Gasteiger charge is 2.27. The molecule has 1 aromatic rings. The fourth-order valence-corrected chi connectivity index (χ4v) is 2.45. The summed E-state index contributed by atoms with van der Waals surface area (Å²) in [7, 11) is 0. The summed E-state index contributed by atoms with van der Waals surface area (Å²) in [6.45, 7) is 3.14. The van der Waals surface area contributed by atoms with Crippen molar-refractivity contribution in [1.82, 2.24) is 10.3 Å². The monoisotopic (exact) mass is 261 g/mol. The zero-order chi connectivity index (χ0) is 13.8. The van der Waals surface area contributed by atoms with Crippen LogP contribution in [-0.4, -0.2) is 29.8 Å². The van der Waals surface area contributed by atoms with Gasteiger partial charge in [-0.25, -0.2) is 5.84 Å². The lowest BCUT2D eigenvalue weighted by Crippen LogP contribution is -2.44. The van der Waals surface area contributed by atoms with E-state index in [0.717, 1.165) is 11.1 Å². The van der Waals surface area contributed by atoms with E-state index in [1.54, 1.807) is 0 Å². The lowest BCUT2D eigenvalue weighted by Gasteiger charge is -2.31. The van der Waals surface area contributed by atoms with Crippen molar-refractivity contribution < 1.29 is 9.59 Å². The largest absolute Gasteiger partial charge is 0.339 e. The van der Waals surface area contributed by atoms with Crippen LogP contribution in [0.2, 0.25) is 0 Å². The molecule has 1 aliphatic heterocycles. The minimum absolute atomic E-state index is 0.0460. The summed E-state index contributed by atoms with van der Waals surface area (Å²) in [6, 6.07) is 7.57. The molecular formula is C14H19N3O2. The number of hydrogen-bond donors (Lipinski definition) is 2. The maximum atomic E-state index is 12.4. The first-order valence-corrected chi connectivity index (χ1v) is 6.49. The number of hydrazine groups is 1. The van der Waals surface area contributed by atoms with Gasteiger partial charge in [-0.3, -0.25) is 15.0 Å². The Morgan fingerprint density at radius 1 is 1.26 bits per heavy atom. The van der Waals surface area contributed by atoms with Crippen molar-refractivity contribution in [3.05, 3.63) is 35.4 Å². The molecule has 0 aromatic heterocycles. The van der Waals surface area contributed by atoms with E-state index in [9.17, 15) is 9.59 Å². The molecule has 1 aliphatic rings. The molecule has 2 amide bonds. The topological polar surface area (TPSA) is 75.4 Å². The summed E-state index contributed by atoms with van der Waals surface area (Å²) < 4.78 is 0.